The molecule has 1 atom stereocenters. The molecule has 12 heavy (non-hydrogen) atoms. The highest BCUT2D eigenvalue weighted by Crippen LogP contribution is 1.92. The molecule has 0 saturated carbocycles. The van der Waals surface area contributed by atoms with E-state index in [1.807, 2.05) is 19.0 Å². The first-order valence-corrected chi connectivity index (χ1v) is 4.27. The van der Waals surface area contributed by atoms with Crippen LogP contribution in [0.4, 0.5) is 0 Å². The van der Waals surface area contributed by atoms with Gasteiger partial charge in [-0.2, -0.15) is 0 Å². The maximum absolute atomic E-state index is 9.36. The van der Waals surface area contributed by atoms with Gasteiger partial charge in [-0.25, -0.2) is 0 Å². The fourth-order valence-corrected chi connectivity index (χ4v) is 0.955. The van der Waals surface area contributed by atoms with Gasteiger partial charge in [0.25, 0.3) is 0 Å². The van der Waals surface area contributed by atoms with Crippen molar-refractivity contribution >= 4 is 11.6 Å². The van der Waals surface area contributed by atoms with Crippen LogP contribution in [0.25, 0.3) is 0 Å². The standard InChI is InChI=1S/C8H17ClN2O/c1-7(9)4-10-5-8(12)6-11(2)3/h8,10,12H,1,4-6H2,2-3H3. The van der Waals surface area contributed by atoms with E-state index in [4.69, 9.17) is 11.6 Å². The molecule has 0 amide bonds. The minimum absolute atomic E-state index is 0.351. The summed E-state index contributed by atoms with van der Waals surface area (Å²) in [6.45, 7) is 5.27. The Kier molecular flexibility index (Phi) is 6.38. The van der Waals surface area contributed by atoms with Crippen LogP contribution in [0, 0.1) is 0 Å². The van der Waals surface area contributed by atoms with E-state index < -0.39 is 0 Å². The minimum Gasteiger partial charge on any atom is -0.390 e. The zero-order valence-corrected chi connectivity index (χ0v) is 8.43. The summed E-state index contributed by atoms with van der Waals surface area (Å²) < 4.78 is 0. The highest BCUT2D eigenvalue weighted by Gasteiger charge is 2.03. The average Bonchev–Trinajstić information content (AvgIpc) is 1.84. The van der Waals surface area contributed by atoms with Gasteiger partial charge in [-0.1, -0.05) is 18.2 Å². The van der Waals surface area contributed by atoms with Gasteiger partial charge in [-0.3, -0.25) is 0 Å². The molecule has 0 fully saturated rings. The Hall–Kier alpha value is -0.0900. The molecule has 0 aromatic heterocycles. The monoisotopic (exact) mass is 192 g/mol. The minimum atomic E-state index is -0.351. The maximum atomic E-state index is 9.36. The quantitative estimate of drug-likeness (QED) is 0.634. The Labute approximate surface area is 79.0 Å². The first kappa shape index (κ1) is 11.9. The van der Waals surface area contributed by atoms with Crippen molar-refractivity contribution in [2.45, 2.75) is 6.10 Å². The van der Waals surface area contributed by atoms with Crippen molar-refractivity contribution < 1.29 is 5.11 Å². The van der Waals surface area contributed by atoms with Crippen molar-refractivity contribution in [1.82, 2.24) is 10.2 Å². The average molecular weight is 193 g/mol. The molecule has 72 valence electrons. The van der Waals surface area contributed by atoms with Crippen LogP contribution in [-0.2, 0) is 0 Å². The Morgan fingerprint density at radius 2 is 2.25 bits per heavy atom. The second kappa shape index (κ2) is 6.43. The first-order valence-electron chi connectivity index (χ1n) is 3.89. The second-order valence-electron chi connectivity index (χ2n) is 3.06. The Morgan fingerprint density at radius 1 is 1.67 bits per heavy atom. The Bertz CT molecular complexity index is 139. The Balaban J connectivity index is 3.31. The maximum Gasteiger partial charge on any atom is 0.0791 e. The number of hydrogen-bond donors (Lipinski definition) is 2. The molecule has 0 spiro atoms. The molecule has 0 bridgehead atoms. The lowest BCUT2D eigenvalue weighted by Gasteiger charge is -2.15. The van der Waals surface area contributed by atoms with Crippen LogP contribution < -0.4 is 5.32 Å². The number of likely N-dealkylation sites (N-methyl/N-ethyl adjacent to an activating group) is 1. The van der Waals surface area contributed by atoms with Gasteiger partial charge in [0.15, 0.2) is 0 Å². The lowest BCUT2D eigenvalue weighted by Crippen LogP contribution is -2.35. The van der Waals surface area contributed by atoms with E-state index in [0.717, 1.165) is 0 Å². The smallest absolute Gasteiger partial charge is 0.0791 e. The number of rotatable bonds is 6. The third-order valence-corrected chi connectivity index (χ3v) is 1.41. The molecular weight excluding hydrogens is 176 g/mol. The predicted octanol–water partition coefficient (Wildman–Crippen LogP) is 0.251. The summed E-state index contributed by atoms with van der Waals surface area (Å²) in [5.41, 5.74) is 0. The summed E-state index contributed by atoms with van der Waals surface area (Å²) >= 11 is 5.52. The molecule has 2 N–H and O–H groups in total. The molecule has 0 rings (SSSR count). The number of nitrogens with zero attached hydrogens (tertiary/aromatic N) is 1. The normalized spacial score (nSPS) is 13.4. The lowest BCUT2D eigenvalue weighted by molar-refractivity contribution is 0.136. The van der Waals surface area contributed by atoms with Crippen LogP contribution in [0.15, 0.2) is 11.6 Å². The molecule has 0 radical (unpaired) electrons. The number of halogens is 1. The fraction of sp³-hybridized carbons (Fsp3) is 0.750. The first-order chi connectivity index (χ1) is 5.52. The zero-order chi connectivity index (χ0) is 9.56. The molecule has 1 unspecified atom stereocenters. The summed E-state index contributed by atoms with van der Waals surface area (Å²) in [7, 11) is 3.84. The number of aliphatic hydroxyl groups excluding tert-OH is 1. The van der Waals surface area contributed by atoms with Gasteiger partial charge in [-0.15, -0.1) is 0 Å². The van der Waals surface area contributed by atoms with Gasteiger partial charge in [0.2, 0.25) is 0 Å². The number of aliphatic hydroxyl groups is 1. The largest absolute Gasteiger partial charge is 0.390 e. The molecule has 0 saturated heterocycles. The van der Waals surface area contributed by atoms with Gasteiger partial charge in [0.1, 0.15) is 0 Å². The van der Waals surface area contributed by atoms with Crippen molar-refractivity contribution in [2.24, 2.45) is 0 Å². The Morgan fingerprint density at radius 3 is 2.67 bits per heavy atom. The van der Waals surface area contributed by atoms with E-state index in [0.29, 0.717) is 24.7 Å². The molecule has 4 heteroatoms. The van der Waals surface area contributed by atoms with Crippen LogP contribution >= 0.6 is 11.6 Å². The summed E-state index contributed by atoms with van der Waals surface area (Å²) in [5.74, 6) is 0. The molecule has 0 aliphatic rings. The summed E-state index contributed by atoms with van der Waals surface area (Å²) in [4.78, 5) is 1.93. The van der Waals surface area contributed by atoms with E-state index in [2.05, 4.69) is 11.9 Å². The molecule has 0 aromatic rings. The second-order valence-corrected chi connectivity index (χ2v) is 3.60. The van der Waals surface area contributed by atoms with Crippen LogP contribution in [0.5, 0.6) is 0 Å². The zero-order valence-electron chi connectivity index (χ0n) is 7.68. The van der Waals surface area contributed by atoms with E-state index in [-0.39, 0.29) is 6.10 Å². The lowest BCUT2D eigenvalue weighted by atomic mass is 10.3. The van der Waals surface area contributed by atoms with Crippen molar-refractivity contribution in [1.29, 1.82) is 0 Å². The molecule has 0 aliphatic heterocycles. The molecule has 3 nitrogen and oxygen atoms in total. The van der Waals surface area contributed by atoms with Gasteiger partial charge < -0.3 is 15.3 Å². The van der Waals surface area contributed by atoms with Crippen LogP contribution in [0.2, 0.25) is 0 Å². The van der Waals surface area contributed by atoms with Crippen molar-refractivity contribution in [3.8, 4) is 0 Å². The summed E-state index contributed by atoms with van der Waals surface area (Å²) in [6, 6.07) is 0. The molecule has 0 aromatic carbocycles. The van der Waals surface area contributed by atoms with Crippen molar-refractivity contribution in [3.63, 3.8) is 0 Å². The van der Waals surface area contributed by atoms with Gasteiger partial charge >= 0.3 is 0 Å². The van der Waals surface area contributed by atoms with Gasteiger partial charge in [-0.05, 0) is 14.1 Å². The third kappa shape index (κ3) is 8.01. The van der Waals surface area contributed by atoms with Crippen LogP contribution in [-0.4, -0.2) is 49.8 Å². The third-order valence-electron chi connectivity index (χ3n) is 1.27. The molecule has 0 aliphatic carbocycles. The van der Waals surface area contributed by atoms with E-state index in [1.54, 1.807) is 0 Å². The van der Waals surface area contributed by atoms with E-state index in [1.165, 1.54) is 0 Å². The summed E-state index contributed by atoms with van der Waals surface area (Å²) in [5, 5.41) is 12.9. The van der Waals surface area contributed by atoms with Gasteiger partial charge in [0.05, 0.1) is 6.10 Å². The van der Waals surface area contributed by atoms with Crippen LogP contribution in [0.1, 0.15) is 0 Å². The van der Waals surface area contributed by atoms with Gasteiger partial charge in [0, 0.05) is 24.7 Å². The van der Waals surface area contributed by atoms with Crippen molar-refractivity contribution in [3.05, 3.63) is 11.6 Å². The highest BCUT2D eigenvalue weighted by molar-refractivity contribution is 6.29. The number of nitrogens with one attached hydrogen (secondary N) is 1. The molecule has 0 heterocycles. The SMILES string of the molecule is C=C(Cl)CNCC(O)CN(C)C. The van der Waals surface area contributed by atoms with E-state index in [9.17, 15) is 5.11 Å². The molecular formula is C8H17ClN2O. The van der Waals surface area contributed by atoms with Crippen LogP contribution in [0.3, 0.4) is 0 Å². The topological polar surface area (TPSA) is 35.5 Å². The number of hydrogen-bond acceptors (Lipinski definition) is 3. The highest BCUT2D eigenvalue weighted by atomic mass is 35.5. The fourth-order valence-electron chi connectivity index (χ4n) is 0.860. The summed E-state index contributed by atoms with van der Waals surface area (Å²) in [6.07, 6.45) is -0.351. The van der Waals surface area contributed by atoms with Crippen molar-refractivity contribution in [2.75, 3.05) is 33.7 Å². The van der Waals surface area contributed by atoms with E-state index >= 15 is 0 Å². The predicted molar refractivity (Wildman–Crippen MR) is 52.4 cm³/mol.